The van der Waals surface area contributed by atoms with Crippen molar-refractivity contribution in [2.75, 3.05) is 5.73 Å². The van der Waals surface area contributed by atoms with Crippen LogP contribution >= 0.6 is 0 Å². The third-order valence-electron chi connectivity index (χ3n) is 2.63. The highest BCUT2D eigenvalue weighted by Crippen LogP contribution is 2.21. The molecule has 0 aliphatic heterocycles. The molecule has 17 heavy (non-hydrogen) atoms. The van der Waals surface area contributed by atoms with E-state index >= 15 is 0 Å². The van der Waals surface area contributed by atoms with Crippen molar-refractivity contribution in [2.45, 2.75) is 6.92 Å². The van der Waals surface area contributed by atoms with Gasteiger partial charge in [0.15, 0.2) is 5.65 Å². The highest BCUT2D eigenvalue weighted by molar-refractivity contribution is 5.78. The van der Waals surface area contributed by atoms with Crippen LogP contribution < -0.4 is 5.73 Å². The first-order valence-corrected chi connectivity index (χ1v) is 5.26. The molecule has 0 spiro atoms. The topological polar surface area (TPSA) is 80.5 Å². The van der Waals surface area contributed by atoms with Crippen molar-refractivity contribution in [1.82, 2.24) is 19.9 Å². The molecule has 0 unspecified atom stereocenters. The van der Waals surface area contributed by atoms with Crippen LogP contribution in [0.15, 0.2) is 30.7 Å². The lowest BCUT2D eigenvalue weighted by Gasteiger charge is -1.96. The molecule has 0 fully saturated rings. The first kappa shape index (κ1) is 9.77. The van der Waals surface area contributed by atoms with Crippen molar-refractivity contribution < 1.29 is 0 Å². The van der Waals surface area contributed by atoms with E-state index in [2.05, 4.69) is 19.9 Å². The number of anilines is 1. The minimum absolute atomic E-state index is 0.618. The number of nitrogen functional groups attached to an aromatic ring is 1. The number of fused-ring (bicyclic) bond motifs is 1. The lowest BCUT2D eigenvalue weighted by atomic mass is 10.2. The van der Waals surface area contributed by atoms with Crippen molar-refractivity contribution in [2.24, 2.45) is 0 Å². The number of rotatable bonds is 1. The van der Waals surface area contributed by atoms with Crippen LogP contribution in [0.1, 0.15) is 5.56 Å². The Morgan fingerprint density at radius 1 is 1.29 bits per heavy atom. The van der Waals surface area contributed by atoms with Gasteiger partial charge in [0.05, 0.1) is 11.2 Å². The number of aryl methyl sites for hydroxylation is 1. The smallest absolute Gasteiger partial charge is 0.178 e. The van der Waals surface area contributed by atoms with Crippen molar-refractivity contribution in [1.29, 1.82) is 0 Å². The predicted molar refractivity (Wildman–Crippen MR) is 66.3 cm³/mol. The first-order chi connectivity index (χ1) is 8.24. The van der Waals surface area contributed by atoms with Gasteiger partial charge in [0.2, 0.25) is 0 Å². The van der Waals surface area contributed by atoms with Gasteiger partial charge in [-0.2, -0.15) is 0 Å². The third-order valence-corrected chi connectivity index (χ3v) is 2.63. The molecular weight excluding hydrogens is 214 g/mol. The number of hydrogen-bond donors (Lipinski definition) is 2. The summed E-state index contributed by atoms with van der Waals surface area (Å²) in [6, 6.07) is 3.78. The lowest BCUT2D eigenvalue weighted by molar-refractivity contribution is 1.26. The molecule has 3 aromatic heterocycles. The highest BCUT2D eigenvalue weighted by atomic mass is 15.0. The zero-order valence-electron chi connectivity index (χ0n) is 9.31. The van der Waals surface area contributed by atoms with Crippen LogP contribution in [0, 0.1) is 6.92 Å². The largest absolute Gasteiger partial charge is 0.397 e. The van der Waals surface area contributed by atoms with E-state index in [9.17, 15) is 0 Å². The summed E-state index contributed by atoms with van der Waals surface area (Å²) in [5, 5.41) is 0. The summed E-state index contributed by atoms with van der Waals surface area (Å²) in [5.41, 5.74) is 9.96. The number of aromatic nitrogens is 4. The van der Waals surface area contributed by atoms with Crippen molar-refractivity contribution in [3.8, 4) is 11.4 Å². The fourth-order valence-corrected chi connectivity index (χ4v) is 1.76. The number of nitrogens with two attached hydrogens (primary N) is 1. The average Bonchev–Trinajstić information content (AvgIpc) is 2.74. The molecule has 0 aliphatic carbocycles. The quantitative estimate of drug-likeness (QED) is 0.663. The third kappa shape index (κ3) is 1.61. The summed E-state index contributed by atoms with van der Waals surface area (Å²) in [6.45, 7) is 2.02. The highest BCUT2D eigenvalue weighted by Gasteiger charge is 2.08. The molecule has 5 nitrogen and oxygen atoms in total. The summed E-state index contributed by atoms with van der Waals surface area (Å²) in [6.07, 6.45) is 5.08. The molecule has 3 aromatic rings. The molecule has 3 rings (SSSR count). The second-order valence-electron chi connectivity index (χ2n) is 3.92. The molecule has 5 heteroatoms. The van der Waals surface area contributed by atoms with E-state index in [1.54, 1.807) is 18.6 Å². The first-order valence-electron chi connectivity index (χ1n) is 5.26. The molecule has 84 valence electrons. The summed E-state index contributed by atoms with van der Waals surface area (Å²) < 4.78 is 0. The predicted octanol–water partition coefficient (Wildman–Crippen LogP) is 1.91. The van der Waals surface area contributed by atoms with Crippen LogP contribution in [0.5, 0.6) is 0 Å². The van der Waals surface area contributed by atoms with Gasteiger partial charge in [0.1, 0.15) is 5.82 Å². The minimum atomic E-state index is 0.618. The summed E-state index contributed by atoms with van der Waals surface area (Å²) >= 11 is 0. The van der Waals surface area contributed by atoms with Gasteiger partial charge in [-0.25, -0.2) is 9.97 Å². The van der Waals surface area contributed by atoms with E-state index in [0.29, 0.717) is 11.3 Å². The number of hydrogen-bond acceptors (Lipinski definition) is 4. The Morgan fingerprint density at radius 2 is 2.18 bits per heavy atom. The van der Waals surface area contributed by atoms with E-state index in [-0.39, 0.29) is 0 Å². The number of H-pyrrole nitrogens is 1. The molecule has 3 heterocycles. The Morgan fingerprint density at radius 3 is 2.94 bits per heavy atom. The molecule has 0 aromatic carbocycles. The monoisotopic (exact) mass is 225 g/mol. The van der Waals surface area contributed by atoms with E-state index in [1.807, 2.05) is 19.1 Å². The summed E-state index contributed by atoms with van der Waals surface area (Å²) in [4.78, 5) is 15.9. The van der Waals surface area contributed by atoms with E-state index < -0.39 is 0 Å². The van der Waals surface area contributed by atoms with Crippen molar-refractivity contribution in [3.63, 3.8) is 0 Å². The maximum atomic E-state index is 5.70. The Balaban J connectivity index is 2.22. The molecular formula is C12H11N5. The molecule has 0 saturated carbocycles. The molecule has 0 atom stereocenters. The van der Waals surface area contributed by atoms with Gasteiger partial charge < -0.3 is 10.7 Å². The number of imidazole rings is 1. The Hall–Kier alpha value is -2.43. The van der Waals surface area contributed by atoms with Crippen LogP contribution in [0.2, 0.25) is 0 Å². The SMILES string of the molecule is Cc1ccnc2nc(-c3cncc(N)c3)[nH]c12. The summed E-state index contributed by atoms with van der Waals surface area (Å²) in [5.74, 6) is 0.738. The van der Waals surface area contributed by atoms with Crippen LogP contribution in [-0.4, -0.2) is 19.9 Å². The number of nitrogens with zero attached hydrogens (tertiary/aromatic N) is 3. The van der Waals surface area contributed by atoms with Gasteiger partial charge in [-0.05, 0) is 24.6 Å². The zero-order valence-corrected chi connectivity index (χ0v) is 9.31. The van der Waals surface area contributed by atoms with Gasteiger partial charge in [-0.15, -0.1) is 0 Å². The van der Waals surface area contributed by atoms with Crippen LogP contribution in [0.4, 0.5) is 5.69 Å². The standard InChI is InChI=1S/C12H11N5/c1-7-2-3-15-12-10(7)16-11(17-12)8-4-9(13)6-14-5-8/h2-6H,13H2,1H3,(H,15,16,17). The number of aromatic amines is 1. The van der Waals surface area contributed by atoms with Crippen LogP contribution in [0.3, 0.4) is 0 Å². The lowest BCUT2D eigenvalue weighted by Crippen LogP contribution is -1.88. The molecule has 0 bridgehead atoms. The second-order valence-corrected chi connectivity index (χ2v) is 3.92. The summed E-state index contributed by atoms with van der Waals surface area (Å²) in [7, 11) is 0. The molecule has 0 amide bonds. The Bertz CT molecular complexity index is 686. The van der Waals surface area contributed by atoms with E-state index in [4.69, 9.17) is 5.73 Å². The van der Waals surface area contributed by atoms with Gasteiger partial charge in [0, 0.05) is 24.2 Å². The fourth-order valence-electron chi connectivity index (χ4n) is 1.76. The molecule has 0 saturated heterocycles. The van der Waals surface area contributed by atoms with E-state index in [1.165, 1.54) is 0 Å². The minimum Gasteiger partial charge on any atom is -0.397 e. The molecule has 3 N–H and O–H groups in total. The second kappa shape index (κ2) is 3.55. The normalized spacial score (nSPS) is 10.9. The number of nitrogens with one attached hydrogen (secondary N) is 1. The van der Waals surface area contributed by atoms with Gasteiger partial charge in [-0.3, -0.25) is 4.98 Å². The van der Waals surface area contributed by atoms with E-state index in [0.717, 1.165) is 22.5 Å². The average molecular weight is 225 g/mol. The maximum absolute atomic E-state index is 5.70. The van der Waals surface area contributed by atoms with Gasteiger partial charge in [0.25, 0.3) is 0 Å². The fraction of sp³-hybridized carbons (Fsp3) is 0.0833. The number of pyridine rings is 2. The Labute approximate surface area is 97.7 Å². The van der Waals surface area contributed by atoms with Crippen molar-refractivity contribution in [3.05, 3.63) is 36.3 Å². The molecule has 0 radical (unpaired) electrons. The van der Waals surface area contributed by atoms with Crippen LogP contribution in [0.25, 0.3) is 22.6 Å². The van der Waals surface area contributed by atoms with Crippen LogP contribution in [-0.2, 0) is 0 Å². The van der Waals surface area contributed by atoms with Gasteiger partial charge >= 0.3 is 0 Å². The van der Waals surface area contributed by atoms with Gasteiger partial charge in [-0.1, -0.05) is 0 Å². The zero-order chi connectivity index (χ0) is 11.8. The van der Waals surface area contributed by atoms with Crippen molar-refractivity contribution >= 4 is 16.9 Å². The maximum Gasteiger partial charge on any atom is 0.178 e. The molecule has 0 aliphatic rings. The Kier molecular flexibility index (Phi) is 2.04.